The normalized spacial score (nSPS) is 11.3. The fourth-order valence-electron chi connectivity index (χ4n) is 1.65. The van der Waals surface area contributed by atoms with Crippen LogP contribution in [0.2, 0.25) is 0 Å². The molecule has 0 saturated carbocycles. The van der Waals surface area contributed by atoms with Crippen LogP contribution < -0.4 is 4.72 Å². The lowest BCUT2D eigenvalue weighted by Gasteiger charge is -2.09. The highest BCUT2D eigenvalue weighted by Gasteiger charge is 2.20. The molecule has 0 bridgehead atoms. The Morgan fingerprint density at radius 3 is 2.65 bits per heavy atom. The maximum Gasteiger partial charge on any atom is 0.337 e. The van der Waals surface area contributed by atoms with Crippen LogP contribution >= 0.6 is 0 Å². The molecule has 0 amide bonds. The van der Waals surface area contributed by atoms with Crippen LogP contribution in [-0.4, -0.2) is 29.0 Å². The zero-order chi connectivity index (χ0) is 14.9. The summed E-state index contributed by atoms with van der Waals surface area (Å²) < 4.78 is 27.9. The number of hydrogen-bond donors (Lipinski definition) is 2. The molecule has 106 valence electrons. The van der Waals surface area contributed by atoms with Crippen LogP contribution in [0.1, 0.15) is 15.9 Å². The number of nitrogens with zero attached hydrogens (tertiary/aromatic N) is 2. The zero-order valence-corrected chi connectivity index (χ0v) is 11.7. The number of nitrogens with one attached hydrogen (secondary N) is 1. The highest BCUT2D eigenvalue weighted by Crippen LogP contribution is 2.20. The Morgan fingerprint density at radius 2 is 2.10 bits per heavy atom. The zero-order valence-electron chi connectivity index (χ0n) is 10.9. The van der Waals surface area contributed by atoms with Crippen molar-refractivity contribution in [1.29, 1.82) is 0 Å². The van der Waals surface area contributed by atoms with Crippen molar-refractivity contribution in [3.8, 4) is 0 Å². The molecular formula is C12H13N3O4S. The third kappa shape index (κ3) is 2.80. The topological polar surface area (TPSA) is 101 Å². The summed E-state index contributed by atoms with van der Waals surface area (Å²) in [5.41, 5.74) is 0.626. The first-order valence-electron chi connectivity index (χ1n) is 5.64. The molecule has 0 spiro atoms. The Bertz CT molecular complexity index is 765. The van der Waals surface area contributed by atoms with E-state index in [2.05, 4.69) is 9.71 Å². The molecule has 0 atom stereocenters. The van der Waals surface area contributed by atoms with E-state index in [4.69, 9.17) is 5.11 Å². The van der Waals surface area contributed by atoms with Crippen LogP contribution in [0, 0.1) is 6.92 Å². The van der Waals surface area contributed by atoms with E-state index in [0.717, 1.165) is 5.56 Å². The first-order valence-corrected chi connectivity index (χ1v) is 7.12. The number of benzene rings is 1. The van der Waals surface area contributed by atoms with Gasteiger partial charge in [0.2, 0.25) is 0 Å². The number of imidazole rings is 1. The second-order valence-electron chi connectivity index (χ2n) is 4.34. The monoisotopic (exact) mass is 295 g/mol. The minimum absolute atomic E-state index is 0.00810. The Kier molecular flexibility index (Phi) is 3.49. The van der Waals surface area contributed by atoms with Gasteiger partial charge in [0, 0.05) is 13.2 Å². The van der Waals surface area contributed by atoms with Gasteiger partial charge in [0.15, 0.2) is 5.03 Å². The molecule has 0 aliphatic heterocycles. The van der Waals surface area contributed by atoms with Crippen molar-refractivity contribution >= 4 is 21.7 Å². The van der Waals surface area contributed by atoms with E-state index in [1.807, 2.05) is 0 Å². The molecule has 2 aromatic rings. The van der Waals surface area contributed by atoms with E-state index in [0.29, 0.717) is 0 Å². The van der Waals surface area contributed by atoms with E-state index >= 15 is 0 Å². The molecule has 8 heteroatoms. The van der Waals surface area contributed by atoms with Gasteiger partial charge in [-0.3, -0.25) is 4.72 Å². The van der Waals surface area contributed by atoms with Crippen LogP contribution in [-0.2, 0) is 17.1 Å². The Balaban J connectivity index is 2.42. The Labute approximate surface area is 115 Å². The Hall–Kier alpha value is -2.35. The minimum Gasteiger partial charge on any atom is -0.478 e. The molecule has 0 aliphatic rings. The van der Waals surface area contributed by atoms with E-state index < -0.39 is 16.0 Å². The standard InChI is InChI=1S/C12H13N3O4S/c1-8-3-4-10(9(5-8)12(16)17)14-20(18,19)11-6-15(2)7-13-11/h3-7,14H,1-2H3,(H,16,17). The Morgan fingerprint density at radius 1 is 1.40 bits per heavy atom. The van der Waals surface area contributed by atoms with Gasteiger partial charge >= 0.3 is 5.97 Å². The largest absolute Gasteiger partial charge is 0.478 e. The lowest BCUT2D eigenvalue weighted by atomic mass is 10.1. The molecule has 2 rings (SSSR count). The summed E-state index contributed by atoms with van der Waals surface area (Å²) in [6, 6.07) is 4.45. The predicted octanol–water partition coefficient (Wildman–Crippen LogP) is 1.23. The summed E-state index contributed by atoms with van der Waals surface area (Å²) in [6.07, 6.45) is 2.68. The van der Waals surface area contributed by atoms with Gasteiger partial charge in [-0.15, -0.1) is 0 Å². The summed E-state index contributed by atoms with van der Waals surface area (Å²) in [6.45, 7) is 1.73. The third-order valence-electron chi connectivity index (χ3n) is 2.61. The molecule has 1 aromatic carbocycles. The molecule has 1 heterocycles. The van der Waals surface area contributed by atoms with Crippen LogP contribution in [0.4, 0.5) is 5.69 Å². The van der Waals surface area contributed by atoms with Crippen molar-refractivity contribution in [1.82, 2.24) is 9.55 Å². The summed E-state index contributed by atoms with van der Waals surface area (Å²) in [4.78, 5) is 14.9. The number of sulfonamides is 1. The van der Waals surface area contributed by atoms with Crippen molar-refractivity contribution in [2.45, 2.75) is 11.9 Å². The highest BCUT2D eigenvalue weighted by atomic mass is 32.2. The smallest absolute Gasteiger partial charge is 0.337 e. The fraction of sp³-hybridized carbons (Fsp3) is 0.167. The molecule has 0 aliphatic carbocycles. The first kappa shape index (κ1) is 14.1. The number of carboxylic acids is 1. The maximum atomic E-state index is 12.1. The van der Waals surface area contributed by atoms with Gasteiger partial charge in [-0.2, -0.15) is 8.42 Å². The van der Waals surface area contributed by atoms with Crippen molar-refractivity contribution < 1.29 is 18.3 Å². The van der Waals surface area contributed by atoms with Gasteiger partial charge in [0.05, 0.1) is 17.6 Å². The maximum absolute atomic E-state index is 12.1. The van der Waals surface area contributed by atoms with Crippen LogP contribution in [0.5, 0.6) is 0 Å². The number of rotatable bonds is 4. The lowest BCUT2D eigenvalue weighted by molar-refractivity contribution is 0.0698. The average Bonchev–Trinajstić information content (AvgIpc) is 2.78. The summed E-state index contributed by atoms with van der Waals surface area (Å²) in [5.74, 6) is -1.20. The average molecular weight is 295 g/mol. The molecule has 0 radical (unpaired) electrons. The van der Waals surface area contributed by atoms with Gasteiger partial charge in [-0.05, 0) is 19.1 Å². The van der Waals surface area contributed by atoms with Gasteiger partial charge in [-0.25, -0.2) is 9.78 Å². The van der Waals surface area contributed by atoms with E-state index in [-0.39, 0.29) is 16.3 Å². The number of hydrogen-bond acceptors (Lipinski definition) is 4. The molecular weight excluding hydrogens is 282 g/mol. The van der Waals surface area contributed by atoms with Gasteiger partial charge < -0.3 is 9.67 Å². The van der Waals surface area contributed by atoms with Crippen LogP contribution in [0.25, 0.3) is 0 Å². The SMILES string of the molecule is Cc1ccc(NS(=O)(=O)c2cn(C)cn2)c(C(=O)O)c1. The molecule has 7 nitrogen and oxygen atoms in total. The predicted molar refractivity (Wildman–Crippen MR) is 72.2 cm³/mol. The molecule has 0 saturated heterocycles. The number of aromatic nitrogens is 2. The molecule has 0 fully saturated rings. The van der Waals surface area contributed by atoms with Crippen molar-refractivity contribution in [2.24, 2.45) is 7.05 Å². The van der Waals surface area contributed by atoms with E-state index in [1.165, 1.54) is 29.2 Å². The van der Waals surface area contributed by atoms with Crippen molar-refractivity contribution in [3.63, 3.8) is 0 Å². The quantitative estimate of drug-likeness (QED) is 0.883. The summed E-state index contributed by atoms with van der Waals surface area (Å²) in [7, 11) is -2.27. The number of anilines is 1. The minimum atomic E-state index is -3.91. The fourth-order valence-corrected chi connectivity index (χ4v) is 2.71. The number of aromatic carboxylic acids is 1. The highest BCUT2D eigenvalue weighted by molar-refractivity contribution is 7.92. The molecule has 1 aromatic heterocycles. The van der Waals surface area contributed by atoms with Crippen molar-refractivity contribution in [2.75, 3.05) is 4.72 Å². The van der Waals surface area contributed by atoms with Gasteiger partial charge in [0.25, 0.3) is 10.0 Å². The second-order valence-corrected chi connectivity index (χ2v) is 5.97. The number of carbonyl (C=O) groups is 1. The molecule has 20 heavy (non-hydrogen) atoms. The number of carboxylic acid groups (broad SMARTS) is 1. The summed E-state index contributed by atoms with van der Waals surface area (Å²) in [5, 5.41) is 8.94. The van der Waals surface area contributed by atoms with E-state index in [1.54, 1.807) is 20.0 Å². The van der Waals surface area contributed by atoms with Crippen LogP contribution in [0.15, 0.2) is 35.7 Å². The lowest BCUT2D eigenvalue weighted by Crippen LogP contribution is -2.16. The molecule has 0 unspecified atom stereocenters. The second kappa shape index (κ2) is 4.97. The summed E-state index contributed by atoms with van der Waals surface area (Å²) >= 11 is 0. The van der Waals surface area contributed by atoms with Gasteiger partial charge in [0.1, 0.15) is 0 Å². The first-order chi connectivity index (χ1) is 9.29. The third-order valence-corrected chi connectivity index (χ3v) is 3.86. The number of aryl methyl sites for hydroxylation is 2. The molecule has 2 N–H and O–H groups in total. The van der Waals surface area contributed by atoms with Crippen LogP contribution in [0.3, 0.4) is 0 Å². The van der Waals surface area contributed by atoms with Crippen molar-refractivity contribution in [3.05, 3.63) is 41.9 Å². The van der Waals surface area contributed by atoms with Gasteiger partial charge in [-0.1, -0.05) is 11.6 Å². The van der Waals surface area contributed by atoms with E-state index in [9.17, 15) is 13.2 Å².